The second-order valence-corrected chi connectivity index (χ2v) is 3.06. The number of nitrogens with two attached hydrogens (primary N) is 1. The zero-order chi connectivity index (χ0) is 12.0. The van der Waals surface area contributed by atoms with Crippen molar-refractivity contribution in [3.05, 3.63) is 18.2 Å². The number of hydrogen-bond donors (Lipinski definition) is 1. The number of carbonyl (C=O) groups excluding carboxylic acids is 1. The molecule has 0 atom stereocenters. The molecule has 1 aromatic rings. The molecule has 0 aliphatic rings. The molecule has 0 aliphatic carbocycles. The molecule has 0 amide bonds. The van der Waals surface area contributed by atoms with Crippen LogP contribution in [0.3, 0.4) is 0 Å². The average Bonchev–Trinajstić information content (AvgIpc) is 2.28. The van der Waals surface area contributed by atoms with Crippen LogP contribution in [-0.2, 0) is 4.79 Å². The predicted molar refractivity (Wildman–Crippen MR) is 58.9 cm³/mol. The number of methoxy groups -OCH3 is 2. The third kappa shape index (κ3) is 3.43. The standard InChI is InChI=1S/C11H15NO4/c1-14-8-5-9(15-2)7-10(6-8)16-11(13)3-4-12/h5-7H,3-4,12H2,1-2H3. The number of carbonyl (C=O) groups is 1. The highest BCUT2D eigenvalue weighted by Gasteiger charge is 2.07. The topological polar surface area (TPSA) is 70.8 Å². The van der Waals surface area contributed by atoms with Crippen molar-refractivity contribution >= 4 is 5.97 Å². The molecule has 0 bridgehead atoms. The van der Waals surface area contributed by atoms with Crippen molar-refractivity contribution in [3.8, 4) is 17.2 Å². The maximum atomic E-state index is 11.2. The summed E-state index contributed by atoms with van der Waals surface area (Å²) in [6, 6.07) is 4.91. The molecule has 0 saturated heterocycles. The van der Waals surface area contributed by atoms with E-state index >= 15 is 0 Å². The lowest BCUT2D eigenvalue weighted by Crippen LogP contribution is -2.13. The summed E-state index contributed by atoms with van der Waals surface area (Å²) >= 11 is 0. The van der Waals surface area contributed by atoms with Gasteiger partial charge in [-0.05, 0) is 0 Å². The van der Waals surface area contributed by atoms with Gasteiger partial charge in [-0.3, -0.25) is 4.79 Å². The fraction of sp³-hybridized carbons (Fsp3) is 0.364. The third-order valence-electron chi connectivity index (χ3n) is 1.91. The largest absolute Gasteiger partial charge is 0.496 e. The number of esters is 1. The molecule has 0 spiro atoms. The molecule has 5 heteroatoms. The van der Waals surface area contributed by atoms with Crippen molar-refractivity contribution in [2.45, 2.75) is 6.42 Å². The van der Waals surface area contributed by atoms with Crippen molar-refractivity contribution in [2.24, 2.45) is 5.73 Å². The SMILES string of the molecule is COc1cc(OC)cc(OC(=O)CCN)c1. The van der Waals surface area contributed by atoms with E-state index in [4.69, 9.17) is 19.9 Å². The lowest BCUT2D eigenvalue weighted by molar-refractivity contribution is -0.134. The van der Waals surface area contributed by atoms with E-state index in [0.717, 1.165) is 0 Å². The summed E-state index contributed by atoms with van der Waals surface area (Å²) in [7, 11) is 3.06. The lowest BCUT2D eigenvalue weighted by Gasteiger charge is -2.08. The van der Waals surface area contributed by atoms with Crippen LogP contribution in [0.2, 0.25) is 0 Å². The summed E-state index contributed by atoms with van der Waals surface area (Å²) in [6.07, 6.45) is 0.180. The molecule has 0 unspecified atom stereocenters. The van der Waals surface area contributed by atoms with Crippen LogP contribution in [0.4, 0.5) is 0 Å². The predicted octanol–water partition coefficient (Wildman–Crippen LogP) is 0.958. The van der Waals surface area contributed by atoms with E-state index in [1.54, 1.807) is 18.2 Å². The first kappa shape index (κ1) is 12.3. The van der Waals surface area contributed by atoms with Gasteiger partial charge in [-0.1, -0.05) is 0 Å². The highest BCUT2D eigenvalue weighted by Crippen LogP contribution is 2.27. The number of rotatable bonds is 5. The summed E-state index contributed by atoms with van der Waals surface area (Å²) in [5, 5.41) is 0. The minimum atomic E-state index is -0.377. The maximum Gasteiger partial charge on any atom is 0.312 e. The van der Waals surface area contributed by atoms with E-state index < -0.39 is 0 Å². The van der Waals surface area contributed by atoms with Gasteiger partial charge in [0.05, 0.1) is 20.6 Å². The second-order valence-electron chi connectivity index (χ2n) is 3.06. The quantitative estimate of drug-likeness (QED) is 0.597. The van der Waals surface area contributed by atoms with E-state index in [-0.39, 0.29) is 18.9 Å². The smallest absolute Gasteiger partial charge is 0.312 e. The van der Waals surface area contributed by atoms with E-state index in [9.17, 15) is 4.79 Å². The second kappa shape index (κ2) is 5.97. The van der Waals surface area contributed by atoms with Crippen LogP contribution in [0.25, 0.3) is 0 Å². The zero-order valence-corrected chi connectivity index (χ0v) is 9.36. The Kier molecular flexibility index (Phi) is 4.60. The average molecular weight is 225 g/mol. The van der Waals surface area contributed by atoms with Gasteiger partial charge in [0.2, 0.25) is 0 Å². The summed E-state index contributed by atoms with van der Waals surface area (Å²) in [5.41, 5.74) is 5.25. The molecule has 88 valence electrons. The molecule has 1 aromatic carbocycles. The Morgan fingerprint density at radius 3 is 2.06 bits per heavy atom. The Labute approximate surface area is 94.1 Å². The van der Waals surface area contributed by atoms with Gasteiger partial charge < -0.3 is 19.9 Å². The molecular formula is C11H15NO4. The molecule has 0 aliphatic heterocycles. The van der Waals surface area contributed by atoms with Crippen molar-refractivity contribution in [2.75, 3.05) is 20.8 Å². The minimum absolute atomic E-state index is 0.180. The van der Waals surface area contributed by atoms with Gasteiger partial charge in [0, 0.05) is 24.7 Å². The van der Waals surface area contributed by atoms with Gasteiger partial charge in [-0.15, -0.1) is 0 Å². The summed E-state index contributed by atoms with van der Waals surface area (Å²) in [4.78, 5) is 11.2. The Balaban J connectivity index is 2.82. The Bertz CT molecular complexity index is 343. The molecule has 0 aromatic heterocycles. The maximum absolute atomic E-state index is 11.2. The van der Waals surface area contributed by atoms with Crippen molar-refractivity contribution in [3.63, 3.8) is 0 Å². The molecule has 0 fully saturated rings. The first-order chi connectivity index (χ1) is 7.69. The Morgan fingerprint density at radius 2 is 1.62 bits per heavy atom. The van der Waals surface area contributed by atoms with Crippen LogP contribution in [0.1, 0.15) is 6.42 Å². The molecular weight excluding hydrogens is 210 g/mol. The lowest BCUT2D eigenvalue weighted by atomic mass is 10.3. The molecule has 5 nitrogen and oxygen atoms in total. The van der Waals surface area contributed by atoms with Crippen LogP contribution in [-0.4, -0.2) is 26.7 Å². The van der Waals surface area contributed by atoms with Crippen LogP contribution in [0.15, 0.2) is 18.2 Å². The van der Waals surface area contributed by atoms with Crippen molar-refractivity contribution < 1.29 is 19.0 Å². The van der Waals surface area contributed by atoms with Gasteiger partial charge in [0.15, 0.2) is 0 Å². The van der Waals surface area contributed by atoms with Crippen LogP contribution >= 0.6 is 0 Å². The van der Waals surface area contributed by atoms with E-state index in [0.29, 0.717) is 17.2 Å². The van der Waals surface area contributed by atoms with Crippen LogP contribution < -0.4 is 19.9 Å². The molecule has 16 heavy (non-hydrogen) atoms. The van der Waals surface area contributed by atoms with Crippen LogP contribution in [0, 0.1) is 0 Å². The summed E-state index contributed by atoms with van der Waals surface area (Å²) in [5.74, 6) is 1.14. The molecule has 0 radical (unpaired) electrons. The normalized spacial score (nSPS) is 9.69. The molecule has 0 saturated carbocycles. The highest BCUT2D eigenvalue weighted by atomic mass is 16.5. The highest BCUT2D eigenvalue weighted by molar-refractivity contribution is 5.72. The van der Waals surface area contributed by atoms with E-state index in [1.807, 2.05) is 0 Å². The zero-order valence-electron chi connectivity index (χ0n) is 9.36. The molecule has 0 heterocycles. The van der Waals surface area contributed by atoms with Crippen molar-refractivity contribution in [1.29, 1.82) is 0 Å². The van der Waals surface area contributed by atoms with Gasteiger partial charge in [0.25, 0.3) is 0 Å². The number of ether oxygens (including phenoxy) is 3. The Morgan fingerprint density at radius 1 is 1.12 bits per heavy atom. The van der Waals surface area contributed by atoms with E-state index in [2.05, 4.69) is 0 Å². The minimum Gasteiger partial charge on any atom is -0.496 e. The van der Waals surface area contributed by atoms with Gasteiger partial charge in [-0.25, -0.2) is 0 Å². The third-order valence-corrected chi connectivity index (χ3v) is 1.91. The first-order valence-electron chi connectivity index (χ1n) is 4.83. The molecule has 2 N–H and O–H groups in total. The fourth-order valence-corrected chi connectivity index (χ4v) is 1.14. The number of hydrogen-bond acceptors (Lipinski definition) is 5. The number of benzene rings is 1. The first-order valence-corrected chi connectivity index (χ1v) is 4.83. The monoisotopic (exact) mass is 225 g/mol. The summed E-state index contributed by atoms with van der Waals surface area (Å²) < 4.78 is 15.1. The van der Waals surface area contributed by atoms with Crippen LogP contribution in [0.5, 0.6) is 17.2 Å². The van der Waals surface area contributed by atoms with Crippen molar-refractivity contribution in [1.82, 2.24) is 0 Å². The fourth-order valence-electron chi connectivity index (χ4n) is 1.14. The summed E-state index contributed by atoms with van der Waals surface area (Å²) in [6.45, 7) is 0.264. The van der Waals surface area contributed by atoms with Gasteiger partial charge in [0.1, 0.15) is 17.2 Å². The van der Waals surface area contributed by atoms with Gasteiger partial charge >= 0.3 is 5.97 Å². The molecule has 1 rings (SSSR count). The Hall–Kier alpha value is -1.75. The van der Waals surface area contributed by atoms with Gasteiger partial charge in [-0.2, -0.15) is 0 Å². The van der Waals surface area contributed by atoms with E-state index in [1.165, 1.54) is 14.2 Å².